The Morgan fingerprint density at radius 2 is 1.28 bits per heavy atom. The lowest BCUT2D eigenvalue weighted by Gasteiger charge is -2.01. The van der Waals surface area contributed by atoms with Crippen molar-refractivity contribution in [2.45, 2.75) is 0 Å². The van der Waals surface area contributed by atoms with E-state index in [4.69, 9.17) is 11.1 Å². The van der Waals surface area contributed by atoms with Gasteiger partial charge in [-0.05, 0) is 35.3 Å². The number of nitrogens with zero attached hydrogens (tertiary/aromatic N) is 8. The van der Waals surface area contributed by atoms with E-state index in [2.05, 4.69) is 30.0 Å². The summed E-state index contributed by atoms with van der Waals surface area (Å²) in [6.07, 6.45) is 3.03. The predicted molar refractivity (Wildman–Crippen MR) is 65.1 cm³/mol. The van der Waals surface area contributed by atoms with Gasteiger partial charge >= 0.3 is 0 Å². The van der Waals surface area contributed by atoms with Crippen molar-refractivity contribution in [3.8, 4) is 11.4 Å². The summed E-state index contributed by atoms with van der Waals surface area (Å²) in [4.78, 5) is 13.6. The molecule has 0 bridgehead atoms. The third-order valence-corrected chi connectivity index (χ3v) is 2.07. The van der Waals surface area contributed by atoms with Crippen molar-refractivity contribution in [1.29, 1.82) is 0 Å². The van der Waals surface area contributed by atoms with Crippen LogP contribution in [0.2, 0.25) is 0 Å². The highest BCUT2D eigenvalue weighted by atomic mass is 15.1. The highest BCUT2D eigenvalue weighted by Crippen LogP contribution is 2.23. The number of pyridine rings is 2. The van der Waals surface area contributed by atoms with Crippen LogP contribution in [-0.4, -0.2) is 9.97 Å². The van der Waals surface area contributed by atoms with E-state index in [1.54, 1.807) is 24.3 Å². The number of rotatable bonds is 3. The molecule has 18 heavy (non-hydrogen) atoms. The molecule has 0 aliphatic heterocycles. The zero-order valence-electron chi connectivity index (χ0n) is 9.04. The summed E-state index contributed by atoms with van der Waals surface area (Å²) in [6.45, 7) is 0. The van der Waals surface area contributed by atoms with Gasteiger partial charge < -0.3 is 0 Å². The molecule has 8 nitrogen and oxygen atoms in total. The second-order valence-electron chi connectivity index (χ2n) is 3.18. The van der Waals surface area contributed by atoms with Crippen LogP contribution in [-0.2, 0) is 0 Å². The topological polar surface area (TPSA) is 123 Å². The summed E-state index contributed by atoms with van der Waals surface area (Å²) in [7, 11) is 0. The maximum absolute atomic E-state index is 8.36. The van der Waals surface area contributed by atoms with Crippen molar-refractivity contribution in [2.24, 2.45) is 10.2 Å². The molecule has 86 valence electrons. The third-order valence-electron chi connectivity index (χ3n) is 2.07. The maximum Gasteiger partial charge on any atom is 0.0890 e. The van der Waals surface area contributed by atoms with Crippen LogP contribution in [0.15, 0.2) is 46.9 Å². The smallest absolute Gasteiger partial charge is 0.0890 e. The summed E-state index contributed by atoms with van der Waals surface area (Å²) >= 11 is 0. The largest absolute Gasteiger partial charge is 0.255 e. The molecular weight excluding hydrogens is 232 g/mol. The van der Waals surface area contributed by atoms with Gasteiger partial charge in [-0.3, -0.25) is 9.97 Å². The van der Waals surface area contributed by atoms with E-state index in [1.165, 1.54) is 12.4 Å². The van der Waals surface area contributed by atoms with Crippen LogP contribution in [0.1, 0.15) is 0 Å². The molecule has 0 saturated heterocycles. The quantitative estimate of drug-likeness (QED) is 0.455. The SMILES string of the molecule is [N-]=[N+]=Nc1ccnc(-c2cc(N=[N+]=[N-])ccn2)c1. The molecule has 0 N–H and O–H groups in total. The average molecular weight is 238 g/mol. The summed E-state index contributed by atoms with van der Waals surface area (Å²) < 4.78 is 0. The molecule has 0 unspecified atom stereocenters. The lowest BCUT2D eigenvalue weighted by molar-refractivity contribution is 1.23. The lowest BCUT2D eigenvalue weighted by Crippen LogP contribution is -1.85. The fourth-order valence-corrected chi connectivity index (χ4v) is 1.35. The molecule has 0 aromatic carbocycles. The number of hydrogen-bond acceptors (Lipinski definition) is 4. The highest BCUT2D eigenvalue weighted by molar-refractivity contribution is 5.62. The summed E-state index contributed by atoms with van der Waals surface area (Å²) in [5.41, 5.74) is 18.7. The van der Waals surface area contributed by atoms with Gasteiger partial charge in [-0.25, -0.2) is 0 Å². The van der Waals surface area contributed by atoms with Crippen molar-refractivity contribution < 1.29 is 0 Å². The maximum atomic E-state index is 8.36. The van der Waals surface area contributed by atoms with E-state index in [-0.39, 0.29) is 0 Å². The fourth-order valence-electron chi connectivity index (χ4n) is 1.35. The Bertz CT molecular complexity index is 608. The summed E-state index contributed by atoms with van der Waals surface area (Å²) in [6, 6.07) is 6.37. The van der Waals surface area contributed by atoms with Crippen LogP contribution in [0.3, 0.4) is 0 Å². The Kier molecular flexibility index (Phi) is 3.36. The highest BCUT2D eigenvalue weighted by Gasteiger charge is 2.02. The van der Waals surface area contributed by atoms with Crippen LogP contribution >= 0.6 is 0 Å². The zero-order valence-corrected chi connectivity index (χ0v) is 9.04. The molecule has 0 radical (unpaired) electrons. The molecule has 0 aliphatic rings. The van der Waals surface area contributed by atoms with Gasteiger partial charge in [0.25, 0.3) is 0 Å². The van der Waals surface area contributed by atoms with Crippen LogP contribution in [0.4, 0.5) is 11.4 Å². The van der Waals surface area contributed by atoms with Gasteiger partial charge in [0.15, 0.2) is 0 Å². The molecular formula is C10H6N8. The normalized spacial score (nSPS) is 9.11. The number of hydrogen-bond donors (Lipinski definition) is 0. The van der Waals surface area contributed by atoms with Gasteiger partial charge in [0.2, 0.25) is 0 Å². The predicted octanol–water partition coefficient (Wildman–Crippen LogP) is 4.03. The summed E-state index contributed by atoms with van der Waals surface area (Å²) in [5.74, 6) is 0. The first-order chi connectivity index (χ1) is 8.83. The number of aromatic nitrogens is 2. The molecule has 0 saturated carbocycles. The van der Waals surface area contributed by atoms with Crippen LogP contribution < -0.4 is 0 Å². The van der Waals surface area contributed by atoms with E-state index < -0.39 is 0 Å². The Hall–Kier alpha value is -3.08. The van der Waals surface area contributed by atoms with Crippen LogP contribution in [0.25, 0.3) is 32.3 Å². The molecule has 8 heteroatoms. The average Bonchev–Trinajstić information content (AvgIpc) is 2.40. The minimum Gasteiger partial charge on any atom is -0.255 e. The fraction of sp³-hybridized carbons (Fsp3) is 0. The van der Waals surface area contributed by atoms with Crippen molar-refractivity contribution in [3.63, 3.8) is 0 Å². The van der Waals surface area contributed by atoms with Crippen molar-refractivity contribution in [1.82, 2.24) is 9.97 Å². The van der Waals surface area contributed by atoms with Crippen molar-refractivity contribution in [3.05, 3.63) is 57.5 Å². The van der Waals surface area contributed by atoms with Gasteiger partial charge in [-0.2, -0.15) is 0 Å². The minimum atomic E-state index is 0.443. The Labute approximate surface area is 101 Å². The Morgan fingerprint density at radius 1 is 0.833 bits per heavy atom. The lowest BCUT2D eigenvalue weighted by atomic mass is 10.2. The van der Waals surface area contributed by atoms with E-state index in [0.717, 1.165) is 0 Å². The standard InChI is InChI=1S/C10H6N8/c11-17-15-7-1-3-13-9(5-7)10-6-8(16-18-12)2-4-14-10/h1-6H. The van der Waals surface area contributed by atoms with Crippen LogP contribution in [0.5, 0.6) is 0 Å². The Morgan fingerprint density at radius 3 is 1.67 bits per heavy atom. The third kappa shape index (κ3) is 2.53. The van der Waals surface area contributed by atoms with E-state index >= 15 is 0 Å². The first-order valence-corrected chi connectivity index (χ1v) is 4.86. The van der Waals surface area contributed by atoms with Gasteiger partial charge in [0.05, 0.1) is 11.4 Å². The first kappa shape index (κ1) is 11.4. The molecule has 0 atom stereocenters. The van der Waals surface area contributed by atoms with Gasteiger partial charge in [-0.1, -0.05) is 10.2 Å². The molecule has 2 aromatic rings. The van der Waals surface area contributed by atoms with Gasteiger partial charge in [0.1, 0.15) is 0 Å². The van der Waals surface area contributed by atoms with Gasteiger partial charge in [-0.15, -0.1) is 0 Å². The molecule has 0 spiro atoms. The second kappa shape index (κ2) is 5.31. The summed E-state index contributed by atoms with van der Waals surface area (Å²) in [5, 5.41) is 6.96. The molecule has 2 aromatic heterocycles. The molecule has 0 amide bonds. The minimum absolute atomic E-state index is 0.443. The van der Waals surface area contributed by atoms with Gasteiger partial charge in [0, 0.05) is 33.6 Å². The van der Waals surface area contributed by atoms with Crippen molar-refractivity contribution in [2.75, 3.05) is 0 Å². The van der Waals surface area contributed by atoms with Crippen molar-refractivity contribution >= 4 is 11.4 Å². The van der Waals surface area contributed by atoms with E-state index in [1.807, 2.05) is 0 Å². The second-order valence-corrected chi connectivity index (χ2v) is 3.18. The molecule has 0 aliphatic carbocycles. The monoisotopic (exact) mass is 238 g/mol. The first-order valence-electron chi connectivity index (χ1n) is 4.86. The molecule has 0 fully saturated rings. The molecule has 2 heterocycles. The van der Waals surface area contributed by atoms with E-state index in [0.29, 0.717) is 22.8 Å². The van der Waals surface area contributed by atoms with E-state index in [9.17, 15) is 0 Å². The molecule has 2 rings (SSSR count). The zero-order chi connectivity index (χ0) is 12.8. The van der Waals surface area contributed by atoms with Crippen LogP contribution in [0, 0.1) is 0 Å². The number of azide groups is 2. The Balaban J connectivity index is 2.47.